The third kappa shape index (κ3) is 6.39. The van der Waals surface area contributed by atoms with E-state index in [1.54, 1.807) is 0 Å². The minimum atomic E-state index is -1.98. The monoisotopic (exact) mass is 810 g/mol. The Morgan fingerprint density at radius 2 is 1.44 bits per heavy atom. The third-order valence-corrected chi connectivity index (χ3v) is 17.4. The second-order valence-electron chi connectivity index (χ2n) is 20.5. The highest BCUT2D eigenvalue weighted by Crippen LogP contribution is 2.76. The standard InChI is InChI=1S/C42H66O15/c1-37(2)13-15-42(36(52)53)16-14-40(5)20(21(42)17-37)7-8-24-38(3)11-10-25(39(4,19-44)23(38)9-12-41(24,40)6)55-35-32(28(47)26(45)22(18-43)54-35)57-34-30(49)27(46)29(48)31(56-34)33(50)51/h7,21-32,34-35,43-49H,8-19H2,1-6H3,(H,50,51)(H,52,53). The van der Waals surface area contributed by atoms with Crippen LogP contribution in [0.5, 0.6) is 0 Å². The molecule has 9 N–H and O–H groups in total. The molecule has 0 amide bonds. The summed E-state index contributed by atoms with van der Waals surface area (Å²) in [5.74, 6) is -2.12. The lowest BCUT2D eigenvalue weighted by Gasteiger charge is -2.71. The molecule has 7 rings (SSSR count). The van der Waals surface area contributed by atoms with Gasteiger partial charge in [0, 0.05) is 5.41 Å². The third-order valence-electron chi connectivity index (χ3n) is 17.4. The van der Waals surface area contributed by atoms with E-state index in [9.17, 15) is 55.5 Å². The van der Waals surface area contributed by atoms with E-state index in [-0.39, 0.29) is 46.0 Å². The van der Waals surface area contributed by atoms with Crippen molar-refractivity contribution in [1.82, 2.24) is 0 Å². The minimum Gasteiger partial charge on any atom is -0.481 e. The summed E-state index contributed by atoms with van der Waals surface area (Å²) >= 11 is 0. The molecule has 2 saturated heterocycles. The molecular weight excluding hydrogens is 744 g/mol. The highest BCUT2D eigenvalue weighted by Gasteiger charge is 2.70. The number of aliphatic hydroxyl groups is 7. The second-order valence-corrected chi connectivity index (χ2v) is 20.5. The van der Waals surface area contributed by atoms with Gasteiger partial charge in [0.2, 0.25) is 0 Å². The van der Waals surface area contributed by atoms with Gasteiger partial charge in [-0.2, -0.15) is 0 Å². The summed E-state index contributed by atoms with van der Waals surface area (Å²) < 4.78 is 23.8. The summed E-state index contributed by atoms with van der Waals surface area (Å²) in [5, 5.41) is 95.2. The first-order valence-corrected chi connectivity index (χ1v) is 21.0. The molecule has 4 saturated carbocycles. The van der Waals surface area contributed by atoms with Gasteiger partial charge in [-0.1, -0.05) is 53.2 Å². The van der Waals surface area contributed by atoms with Crippen molar-refractivity contribution in [3.63, 3.8) is 0 Å². The van der Waals surface area contributed by atoms with Crippen molar-refractivity contribution in [2.24, 2.45) is 50.2 Å². The predicted molar refractivity (Wildman–Crippen MR) is 200 cm³/mol. The van der Waals surface area contributed by atoms with Crippen LogP contribution in [0.25, 0.3) is 0 Å². The van der Waals surface area contributed by atoms with Gasteiger partial charge in [-0.15, -0.1) is 0 Å². The zero-order valence-electron chi connectivity index (χ0n) is 34.1. The van der Waals surface area contributed by atoms with Crippen LogP contribution in [0, 0.1) is 50.2 Å². The number of aliphatic carboxylic acids is 2. The van der Waals surface area contributed by atoms with Gasteiger partial charge < -0.3 is 64.9 Å². The molecule has 0 aromatic rings. The first-order valence-electron chi connectivity index (χ1n) is 21.0. The normalized spacial score (nSPS) is 53.3. The first-order chi connectivity index (χ1) is 26.5. The van der Waals surface area contributed by atoms with E-state index in [0.29, 0.717) is 25.7 Å². The number of allylic oxidation sites excluding steroid dienone is 2. The summed E-state index contributed by atoms with van der Waals surface area (Å²) in [6.07, 6.45) is -8.45. The lowest BCUT2D eigenvalue weighted by molar-refractivity contribution is -0.376. The summed E-state index contributed by atoms with van der Waals surface area (Å²) in [6, 6.07) is 0. The zero-order valence-corrected chi connectivity index (χ0v) is 34.1. The van der Waals surface area contributed by atoms with Crippen LogP contribution in [0.1, 0.15) is 106 Å². The van der Waals surface area contributed by atoms with Crippen LogP contribution in [-0.2, 0) is 28.5 Å². The minimum absolute atomic E-state index is 0.0154. The number of hydrogen-bond acceptors (Lipinski definition) is 13. The van der Waals surface area contributed by atoms with Crippen molar-refractivity contribution in [1.29, 1.82) is 0 Å². The molecule has 19 unspecified atom stereocenters. The van der Waals surface area contributed by atoms with Crippen LogP contribution in [0.3, 0.4) is 0 Å². The number of rotatable bonds is 8. The van der Waals surface area contributed by atoms with E-state index in [0.717, 1.165) is 38.5 Å². The second kappa shape index (κ2) is 14.7. The molecule has 2 heterocycles. The highest BCUT2D eigenvalue weighted by molar-refractivity contribution is 5.76. The number of aliphatic hydroxyl groups excluding tert-OH is 7. The molecule has 0 aromatic carbocycles. The number of fused-ring (bicyclic) bond motifs is 7. The van der Waals surface area contributed by atoms with Crippen LogP contribution >= 0.6 is 0 Å². The summed E-state index contributed by atoms with van der Waals surface area (Å²) in [5.41, 5.74) is -0.792. The van der Waals surface area contributed by atoms with E-state index in [2.05, 4.69) is 40.7 Å². The van der Waals surface area contributed by atoms with Crippen LogP contribution in [0.2, 0.25) is 0 Å². The maximum atomic E-state index is 13.1. The highest BCUT2D eigenvalue weighted by atomic mass is 16.8. The molecule has 324 valence electrons. The van der Waals surface area contributed by atoms with Crippen molar-refractivity contribution in [2.75, 3.05) is 13.2 Å². The van der Waals surface area contributed by atoms with E-state index < -0.39 is 96.9 Å². The van der Waals surface area contributed by atoms with Crippen LogP contribution < -0.4 is 0 Å². The molecule has 19 atom stereocenters. The molecular formula is C42H66O15. The molecule has 0 radical (unpaired) electrons. The van der Waals surface area contributed by atoms with E-state index in [1.807, 2.05) is 6.92 Å². The number of carboxylic acid groups (broad SMARTS) is 2. The van der Waals surface area contributed by atoms with Gasteiger partial charge in [-0.25, -0.2) is 4.79 Å². The Morgan fingerprint density at radius 1 is 0.754 bits per heavy atom. The van der Waals surface area contributed by atoms with Crippen molar-refractivity contribution in [2.45, 2.75) is 173 Å². The first kappa shape index (κ1) is 43.3. The average molecular weight is 811 g/mol. The molecule has 5 aliphatic carbocycles. The average Bonchev–Trinajstić information content (AvgIpc) is 3.15. The largest absolute Gasteiger partial charge is 0.481 e. The molecule has 15 heteroatoms. The summed E-state index contributed by atoms with van der Waals surface area (Å²) in [4.78, 5) is 24.9. The van der Waals surface area contributed by atoms with Crippen molar-refractivity contribution >= 4 is 11.9 Å². The maximum Gasteiger partial charge on any atom is 0.335 e. The van der Waals surface area contributed by atoms with E-state index in [4.69, 9.17) is 18.9 Å². The van der Waals surface area contributed by atoms with E-state index >= 15 is 0 Å². The predicted octanol–water partition coefficient (Wildman–Crippen LogP) is 1.95. The zero-order chi connectivity index (χ0) is 41.8. The summed E-state index contributed by atoms with van der Waals surface area (Å²) in [6.45, 7) is 12.7. The van der Waals surface area contributed by atoms with E-state index in [1.165, 1.54) is 5.57 Å². The number of carbonyl (C=O) groups is 2. The van der Waals surface area contributed by atoms with Crippen molar-refractivity contribution in [3.8, 4) is 0 Å². The fraction of sp³-hybridized carbons (Fsp3) is 0.905. The molecule has 7 aliphatic rings. The van der Waals surface area contributed by atoms with Gasteiger partial charge in [0.25, 0.3) is 0 Å². The Bertz CT molecular complexity index is 1590. The Labute approximate surface area is 334 Å². The topological polar surface area (TPSA) is 253 Å². The molecule has 0 bridgehead atoms. The Kier molecular flexibility index (Phi) is 11.2. The van der Waals surface area contributed by atoms with Crippen molar-refractivity contribution < 1.29 is 74.5 Å². The maximum absolute atomic E-state index is 13.1. The van der Waals surface area contributed by atoms with Gasteiger partial charge in [0.15, 0.2) is 18.7 Å². The van der Waals surface area contributed by atoms with Crippen molar-refractivity contribution in [3.05, 3.63) is 11.6 Å². The molecule has 15 nitrogen and oxygen atoms in total. The molecule has 2 aliphatic heterocycles. The van der Waals surface area contributed by atoms with Gasteiger partial charge in [-0.05, 0) is 104 Å². The SMILES string of the molecule is CC1(C)CCC2(C(=O)O)CCC3(C)C(=CCC4C5(C)CCC(OC6OC(CO)C(O)C(O)C6OC6OC(C(=O)O)C(O)C(O)C6O)C(C)(CO)C5CCC43C)C2C1. The van der Waals surface area contributed by atoms with Gasteiger partial charge in [0.05, 0.1) is 24.7 Å². The number of carboxylic acids is 2. The fourth-order valence-electron chi connectivity index (χ4n) is 13.6. The molecule has 0 spiro atoms. The smallest absolute Gasteiger partial charge is 0.335 e. The Balaban J connectivity index is 1.17. The lowest BCUT2D eigenvalue weighted by atomic mass is 9.33. The Morgan fingerprint density at radius 3 is 2.07 bits per heavy atom. The molecule has 6 fully saturated rings. The number of ether oxygens (including phenoxy) is 4. The lowest BCUT2D eigenvalue weighted by Crippen LogP contribution is -2.67. The van der Waals surface area contributed by atoms with Crippen LogP contribution in [0.4, 0.5) is 0 Å². The fourth-order valence-corrected chi connectivity index (χ4v) is 13.6. The van der Waals surface area contributed by atoms with Crippen LogP contribution in [0.15, 0.2) is 11.6 Å². The van der Waals surface area contributed by atoms with Crippen LogP contribution in [-0.4, -0.2) is 139 Å². The Hall–Kier alpha value is -1.76. The summed E-state index contributed by atoms with van der Waals surface area (Å²) in [7, 11) is 0. The van der Waals surface area contributed by atoms with Gasteiger partial charge >= 0.3 is 11.9 Å². The molecule has 0 aromatic heterocycles. The van der Waals surface area contributed by atoms with Gasteiger partial charge in [-0.3, -0.25) is 4.79 Å². The van der Waals surface area contributed by atoms with Gasteiger partial charge in [0.1, 0.15) is 42.7 Å². The quantitative estimate of drug-likeness (QED) is 0.126. The molecule has 57 heavy (non-hydrogen) atoms. The number of hydrogen-bond donors (Lipinski definition) is 9.